The SMILES string of the molecule is CCCCCCCCCCCCCCCCC=COC[C@@H](O)COP(=O)([O-])OCC[NH3+]. The molecule has 0 aromatic carbocycles. The van der Waals surface area contributed by atoms with Crippen LogP contribution in [0.4, 0.5) is 0 Å². The molecular formula is C23H48NO6P. The van der Waals surface area contributed by atoms with Crippen molar-refractivity contribution in [3.63, 3.8) is 0 Å². The number of rotatable bonds is 24. The Bertz CT molecular complexity index is 450. The number of aliphatic hydroxyl groups is 1. The molecule has 4 N–H and O–H groups in total. The van der Waals surface area contributed by atoms with Gasteiger partial charge < -0.3 is 29.5 Å². The number of quaternary nitrogens is 1. The molecular weight excluding hydrogens is 417 g/mol. The first-order chi connectivity index (χ1) is 15.0. The van der Waals surface area contributed by atoms with Gasteiger partial charge in [-0.3, -0.25) is 4.57 Å². The summed E-state index contributed by atoms with van der Waals surface area (Å²) in [5.74, 6) is 0. The molecule has 0 amide bonds. The second kappa shape index (κ2) is 22.8. The topological polar surface area (TPSA) is 116 Å². The Hall–Kier alpha value is -0.430. The summed E-state index contributed by atoms with van der Waals surface area (Å²) in [6.07, 6.45) is 22.3. The number of allylic oxidation sites excluding steroid dienone is 1. The van der Waals surface area contributed by atoms with Gasteiger partial charge in [0.1, 0.15) is 19.3 Å². The molecule has 0 aliphatic heterocycles. The first-order valence-corrected chi connectivity index (χ1v) is 13.8. The third-order valence-corrected chi connectivity index (χ3v) is 5.99. The first kappa shape index (κ1) is 30.6. The van der Waals surface area contributed by atoms with E-state index < -0.39 is 13.9 Å². The number of ether oxygens (including phenoxy) is 1. The maximum atomic E-state index is 11.3. The van der Waals surface area contributed by atoms with E-state index in [-0.39, 0.29) is 19.8 Å². The zero-order valence-corrected chi connectivity index (χ0v) is 20.7. The summed E-state index contributed by atoms with van der Waals surface area (Å²) in [6, 6.07) is 0. The number of phosphoric acid groups is 1. The van der Waals surface area contributed by atoms with Gasteiger partial charge in [0.05, 0.1) is 19.4 Å². The Morgan fingerprint density at radius 2 is 1.39 bits per heavy atom. The molecule has 0 saturated heterocycles. The summed E-state index contributed by atoms with van der Waals surface area (Å²) in [4.78, 5) is 11.3. The van der Waals surface area contributed by atoms with Crippen molar-refractivity contribution in [3.05, 3.63) is 12.3 Å². The van der Waals surface area contributed by atoms with Crippen LogP contribution in [0.1, 0.15) is 103 Å². The van der Waals surface area contributed by atoms with Crippen LogP contribution in [0.25, 0.3) is 0 Å². The smallest absolute Gasteiger partial charge is 0.268 e. The number of phosphoric ester groups is 1. The molecule has 2 atom stereocenters. The summed E-state index contributed by atoms with van der Waals surface area (Å²) in [6.45, 7) is 2.15. The van der Waals surface area contributed by atoms with Crippen LogP contribution in [0.5, 0.6) is 0 Å². The minimum absolute atomic E-state index is 0.0232. The van der Waals surface area contributed by atoms with E-state index in [0.29, 0.717) is 6.54 Å². The molecule has 0 aromatic heterocycles. The molecule has 8 heteroatoms. The van der Waals surface area contributed by atoms with Gasteiger partial charge in [-0.15, -0.1) is 0 Å². The van der Waals surface area contributed by atoms with Gasteiger partial charge in [0.2, 0.25) is 0 Å². The van der Waals surface area contributed by atoms with Crippen molar-refractivity contribution in [1.82, 2.24) is 0 Å². The first-order valence-electron chi connectivity index (χ1n) is 12.4. The fraction of sp³-hybridized carbons (Fsp3) is 0.913. The Balaban J connectivity index is 3.34. The Morgan fingerprint density at radius 1 is 0.871 bits per heavy atom. The van der Waals surface area contributed by atoms with E-state index >= 15 is 0 Å². The quantitative estimate of drug-likeness (QED) is 0.123. The van der Waals surface area contributed by atoms with E-state index in [1.807, 2.05) is 6.08 Å². The lowest BCUT2D eigenvalue weighted by molar-refractivity contribution is -0.373. The minimum atomic E-state index is -4.36. The van der Waals surface area contributed by atoms with E-state index in [2.05, 4.69) is 21.7 Å². The van der Waals surface area contributed by atoms with Crippen molar-refractivity contribution in [2.45, 2.75) is 109 Å². The van der Waals surface area contributed by atoms with Gasteiger partial charge in [-0.2, -0.15) is 0 Å². The molecule has 7 nitrogen and oxygen atoms in total. The Kier molecular flexibility index (Phi) is 22.4. The fourth-order valence-corrected chi connectivity index (χ4v) is 3.98. The van der Waals surface area contributed by atoms with Crippen molar-refractivity contribution in [2.75, 3.05) is 26.4 Å². The molecule has 31 heavy (non-hydrogen) atoms. The second-order valence-electron chi connectivity index (χ2n) is 8.17. The molecule has 0 spiro atoms. The fourth-order valence-electron chi connectivity index (χ4n) is 3.20. The summed E-state index contributed by atoms with van der Waals surface area (Å²) >= 11 is 0. The molecule has 0 aromatic rings. The Morgan fingerprint density at radius 3 is 1.90 bits per heavy atom. The zero-order valence-electron chi connectivity index (χ0n) is 19.8. The van der Waals surface area contributed by atoms with Crippen LogP contribution in [-0.2, 0) is 18.3 Å². The molecule has 186 valence electrons. The molecule has 0 saturated carbocycles. The molecule has 0 radical (unpaired) electrons. The van der Waals surface area contributed by atoms with Gasteiger partial charge in [0.15, 0.2) is 0 Å². The maximum Gasteiger partial charge on any atom is 0.268 e. The summed E-state index contributed by atoms with van der Waals surface area (Å²) in [5, 5.41) is 9.66. The van der Waals surface area contributed by atoms with Crippen molar-refractivity contribution in [1.29, 1.82) is 0 Å². The van der Waals surface area contributed by atoms with E-state index in [9.17, 15) is 14.6 Å². The van der Waals surface area contributed by atoms with Crippen molar-refractivity contribution >= 4 is 7.82 Å². The zero-order chi connectivity index (χ0) is 23.0. The highest BCUT2D eigenvalue weighted by molar-refractivity contribution is 7.45. The van der Waals surface area contributed by atoms with Crippen LogP contribution in [0.2, 0.25) is 0 Å². The maximum absolute atomic E-state index is 11.3. The van der Waals surface area contributed by atoms with Gasteiger partial charge in [0, 0.05) is 0 Å². The average molecular weight is 466 g/mol. The molecule has 1 unspecified atom stereocenters. The van der Waals surface area contributed by atoms with Crippen LogP contribution >= 0.6 is 7.82 Å². The predicted octanol–water partition coefficient (Wildman–Crippen LogP) is 4.49. The van der Waals surface area contributed by atoms with Crippen molar-refractivity contribution in [3.8, 4) is 0 Å². The highest BCUT2D eigenvalue weighted by Crippen LogP contribution is 2.37. The highest BCUT2D eigenvalue weighted by atomic mass is 31.2. The number of hydrogen-bond acceptors (Lipinski definition) is 6. The standard InChI is InChI=1S/C23H48NO6P/c1-2-3-4-5-6-7-8-9-10-11-12-13-14-15-16-17-19-28-21-23(25)22-30-31(26,27)29-20-18-24/h17,19,23,25H,2-16,18,20-22,24H2,1H3,(H,26,27)/t23-/m1/s1. The van der Waals surface area contributed by atoms with E-state index in [0.717, 1.165) is 12.8 Å². The lowest BCUT2D eigenvalue weighted by Crippen LogP contribution is -2.52. The molecule has 0 bridgehead atoms. The van der Waals surface area contributed by atoms with Crippen LogP contribution < -0.4 is 10.6 Å². The van der Waals surface area contributed by atoms with Crippen molar-refractivity contribution < 1.29 is 34.1 Å². The number of unbranched alkanes of at least 4 members (excludes halogenated alkanes) is 14. The third kappa shape index (κ3) is 24.1. The van der Waals surface area contributed by atoms with Gasteiger partial charge in [-0.25, -0.2) is 0 Å². The third-order valence-electron chi connectivity index (χ3n) is 5.02. The summed E-state index contributed by atoms with van der Waals surface area (Å²) in [5.41, 5.74) is 3.48. The predicted molar refractivity (Wildman–Crippen MR) is 123 cm³/mol. The van der Waals surface area contributed by atoms with Crippen LogP contribution in [0, 0.1) is 0 Å². The number of hydrogen-bond donors (Lipinski definition) is 2. The highest BCUT2D eigenvalue weighted by Gasteiger charge is 2.13. The molecule has 0 heterocycles. The average Bonchev–Trinajstić information content (AvgIpc) is 2.75. The lowest BCUT2D eigenvalue weighted by Gasteiger charge is -2.23. The minimum Gasteiger partial charge on any atom is -0.756 e. The largest absolute Gasteiger partial charge is 0.756 e. The van der Waals surface area contributed by atoms with E-state index in [4.69, 9.17) is 4.74 Å². The second-order valence-corrected chi connectivity index (χ2v) is 9.58. The molecule has 0 aliphatic carbocycles. The molecule has 0 fully saturated rings. The van der Waals surface area contributed by atoms with Gasteiger partial charge >= 0.3 is 0 Å². The van der Waals surface area contributed by atoms with Crippen LogP contribution in [0.15, 0.2) is 12.3 Å². The van der Waals surface area contributed by atoms with Crippen LogP contribution in [0.3, 0.4) is 0 Å². The van der Waals surface area contributed by atoms with Crippen LogP contribution in [-0.4, -0.2) is 37.6 Å². The summed E-state index contributed by atoms with van der Waals surface area (Å²) < 4.78 is 25.6. The van der Waals surface area contributed by atoms with E-state index in [1.54, 1.807) is 6.26 Å². The molecule has 0 aliphatic rings. The monoisotopic (exact) mass is 465 g/mol. The Labute approximate surface area is 190 Å². The van der Waals surface area contributed by atoms with E-state index in [1.165, 1.54) is 83.5 Å². The van der Waals surface area contributed by atoms with Gasteiger partial charge in [0.25, 0.3) is 7.82 Å². The van der Waals surface area contributed by atoms with Crippen molar-refractivity contribution in [2.24, 2.45) is 0 Å². The van der Waals surface area contributed by atoms with Gasteiger partial charge in [-0.05, 0) is 18.9 Å². The number of aliphatic hydroxyl groups excluding tert-OH is 1. The van der Waals surface area contributed by atoms with Gasteiger partial charge in [-0.1, -0.05) is 90.4 Å². The lowest BCUT2D eigenvalue weighted by atomic mass is 10.0. The normalized spacial score (nSPS) is 14.7. The summed E-state index contributed by atoms with van der Waals surface area (Å²) in [7, 11) is -4.36. The molecule has 0 rings (SSSR count).